The van der Waals surface area contributed by atoms with Gasteiger partial charge in [0.05, 0.1) is 5.69 Å². The van der Waals surface area contributed by atoms with Crippen molar-refractivity contribution in [2.24, 2.45) is 0 Å². The molecule has 0 spiro atoms. The zero-order chi connectivity index (χ0) is 16.9. The van der Waals surface area contributed by atoms with Crippen molar-refractivity contribution in [2.45, 2.75) is 17.6 Å². The summed E-state index contributed by atoms with van der Waals surface area (Å²) in [5, 5.41) is 4.29. The summed E-state index contributed by atoms with van der Waals surface area (Å²) in [6, 6.07) is 8.10. The number of benzene rings is 1. The summed E-state index contributed by atoms with van der Waals surface area (Å²) in [4.78, 5) is 12.0. The number of carbonyl (C=O) groups is 1. The minimum absolute atomic E-state index is 0.130. The van der Waals surface area contributed by atoms with Gasteiger partial charge in [-0.1, -0.05) is 13.0 Å². The molecule has 1 amide bonds. The highest BCUT2D eigenvalue weighted by Gasteiger charge is 2.27. The SMILES string of the molecule is CCCNC(=O)CN(c1ccc(F)cc1)S(=O)(=O)c1cccs1. The van der Waals surface area contributed by atoms with E-state index >= 15 is 0 Å². The van der Waals surface area contributed by atoms with Crippen molar-refractivity contribution < 1.29 is 17.6 Å². The molecule has 1 aromatic heterocycles. The van der Waals surface area contributed by atoms with Crippen molar-refractivity contribution >= 4 is 33.0 Å². The van der Waals surface area contributed by atoms with Gasteiger partial charge in [-0.2, -0.15) is 0 Å². The first-order chi connectivity index (χ1) is 10.9. The third-order valence-electron chi connectivity index (χ3n) is 3.01. The van der Waals surface area contributed by atoms with Crippen LogP contribution in [-0.4, -0.2) is 27.4 Å². The lowest BCUT2D eigenvalue weighted by Gasteiger charge is -2.23. The molecule has 2 aromatic rings. The van der Waals surface area contributed by atoms with E-state index in [0.717, 1.165) is 34.2 Å². The van der Waals surface area contributed by atoms with Crippen molar-refractivity contribution in [1.82, 2.24) is 5.32 Å². The topological polar surface area (TPSA) is 66.5 Å². The molecule has 0 aliphatic heterocycles. The second kappa shape index (κ2) is 7.56. The summed E-state index contributed by atoms with van der Waals surface area (Å²) >= 11 is 1.07. The van der Waals surface area contributed by atoms with Crippen LogP contribution >= 0.6 is 11.3 Å². The van der Waals surface area contributed by atoms with Gasteiger partial charge in [0.2, 0.25) is 5.91 Å². The monoisotopic (exact) mass is 356 g/mol. The average molecular weight is 356 g/mol. The van der Waals surface area contributed by atoms with Gasteiger partial charge in [0, 0.05) is 6.54 Å². The maximum absolute atomic E-state index is 13.1. The van der Waals surface area contributed by atoms with Gasteiger partial charge in [-0.3, -0.25) is 9.10 Å². The van der Waals surface area contributed by atoms with E-state index in [2.05, 4.69) is 5.32 Å². The van der Waals surface area contributed by atoms with E-state index in [9.17, 15) is 17.6 Å². The number of anilines is 1. The molecule has 1 aromatic carbocycles. The molecule has 8 heteroatoms. The van der Waals surface area contributed by atoms with Gasteiger partial charge in [0.15, 0.2) is 0 Å². The highest BCUT2D eigenvalue weighted by molar-refractivity contribution is 7.94. The molecule has 23 heavy (non-hydrogen) atoms. The fourth-order valence-corrected chi connectivity index (χ4v) is 4.42. The maximum atomic E-state index is 13.1. The first-order valence-corrected chi connectivity index (χ1v) is 9.35. The van der Waals surface area contributed by atoms with Gasteiger partial charge in [0.25, 0.3) is 10.0 Å². The van der Waals surface area contributed by atoms with Crippen molar-refractivity contribution in [3.8, 4) is 0 Å². The zero-order valence-electron chi connectivity index (χ0n) is 12.5. The fourth-order valence-electron chi connectivity index (χ4n) is 1.89. The number of carbonyl (C=O) groups excluding carboxylic acids is 1. The predicted octanol–water partition coefficient (Wildman–Crippen LogP) is 2.61. The Hall–Kier alpha value is -1.93. The number of halogens is 1. The van der Waals surface area contributed by atoms with Crippen LogP contribution in [0.1, 0.15) is 13.3 Å². The van der Waals surface area contributed by atoms with Crippen molar-refractivity contribution in [2.75, 3.05) is 17.4 Å². The maximum Gasteiger partial charge on any atom is 0.274 e. The third kappa shape index (κ3) is 4.29. The van der Waals surface area contributed by atoms with Crippen molar-refractivity contribution in [3.05, 3.63) is 47.6 Å². The molecule has 0 atom stereocenters. The smallest absolute Gasteiger partial charge is 0.274 e. The van der Waals surface area contributed by atoms with Crippen LogP contribution in [0.2, 0.25) is 0 Å². The van der Waals surface area contributed by atoms with Gasteiger partial charge in [0.1, 0.15) is 16.6 Å². The average Bonchev–Trinajstić information content (AvgIpc) is 3.07. The molecular weight excluding hydrogens is 339 g/mol. The van der Waals surface area contributed by atoms with E-state index in [1.807, 2.05) is 6.92 Å². The molecular formula is C15H17FN2O3S2. The van der Waals surface area contributed by atoms with Gasteiger partial charge >= 0.3 is 0 Å². The predicted molar refractivity (Wildman–Crippen MR) is 88.6 cm³/mol. The third-order valence-corrected chi connectivity index (χ3v) is 6.16. The van der Waals surface area contributed by atoms with Crippen LogP contribution in [0.5, 0.6) is 0 Å². The first-order valence-electron chi connectivity index (χ1n) is 7.03. The van der Waals surface area contributed by atoms with Gasteiger partial charge in [-0.25, -0.2) is 12.8 Å². The number of thiophene rings is 1. The van der Waals surface area contributed by atoms with Crippen LogP contribution in [-0.2, 0) is 14.8 Å². The van der Waals surface area contributed by atoms with Crippen molar-refractivity contribution in [3.63, 3.8) is 0 Å². The molecule has 0 aliphatic rings. The van der Waals surface area contributed by atoms with Crippen LogP contribution in [0.4, 0.5) is 10.1 Å². The number of hydrogen-bond acceptors (Lipinski definition) is 4. The highest BCUT2D eigenvalue weighted by Crippen LogP contribution is 2.26. The first kappa shape index (κ1) is 17.4. The fraction of sp³-hybridized carbons (Fsp3) is 0.267. The molecule has 1 heterocycles. The van der Waals surface area contributed by atoms with Crippen LogP contribution < -0.4 is 9.62 Å². The van der Waals surface area contributed by atoms with Gasteiger partial charge in [-0.05, 0) is 42.1 Å². The second-order valence-corrected chi connectivity index (χ2v) is 7.81. The number of rotatable bonds is 7. The lowest BCUT2D eigenvalue weighted by Crippen LogP contribution is -2.40. The summed E-state index contributed by atoms with van der Waals surface area (Å²) in [5.41, 5.74) is 0.242. The van der Waals surface area contributed by atoms with Crippen LogP contribution in [0.25, 0.3) is 0 Å². The van der Waals surface area contributed by atoms with Crippen LogP contribution in [0, 0.1) is 5.82 Å². The van der Waals surface area contributed by atoms with E-state index in [4.69, 9.17) is 0 Å². The summed E-state index contributed by atoms with van der Waals surface area (Å²) in [6.07, 6.45) is 0.750. The highest BCUT2D eigenvalue weighted by atomic mass is 32.2. The lowest BCUT2D eigenvalue weighted by molar-refractivity contribution is -0.119. The van der Waals surface area contributed by atoms with E-state index in [1.165, 1.54) is 18.2 Å². The lowest BCUT2D eigenvalue weighted by atomic mass is 10.3. The minimum Gasteiger partial charge on any atom is -0.355 e. The van der Waals surface area contributed by atoms with Gasteiger partial charge < -0.3 is 5.32 Å². The Morgan fingerprint density at radius 2 is 1.96 bits per heavy atom. The van der Waals surface area contributed by atoms with E-state index in [0.29, 0.717) is 6.54 Å². The molecule has 124 valence electrons. The summed E-state index contributed by atoms with van der Waals surface area (Å²) in [5.74, 6) is -0.881. The Bertz CT molecular complexity index is 744. The number of nitrogens with zero attached hydrogens (tertiary/aromatic N) is 1. The summed E-state index contributed by atoms with van der Waals surface area (Å²) in [7, 11) is -3.88. The molecule has 5 nitrogen and oxygen atoms in total. The molecule has 0 radical (unpaired) electrons. The number of amides is 1. The summed E-state index contributed by atoms with van der Waals surface area (Å²) < 4.78 is 39.7. The number of hydrogen-bond donors (Lipinski definition) is 1. The van der Waals surface area contributed by atoms with Crippen LogP contribution in [0.3, 0.4) is 0 Å². The Labute approximate surface area is 138 Å². The Kier molecular flexibility index (Phi) is 5.73. The summed E-state index contributed by atoms with van der Waals surface area (Å²) in [6.45, 7) is 2.02. The molecule has 2 rings (SSSR count). The van der Waals surface area contributed by atoms with E-state index in [1.54, 1.807) is 11.4 Å². The number of nitrogens with one attached hydrogen (secondary N) is 1. The molecule has 0 fully saturated rings. The Balaban J connectivity index is 2.35. The zero-order valence-corrected chi connectivity index (χ0v) is 14.2. The van der Waals surface area contributed by atoms with Crippen molar-refractivity contribution in [1.29, 1.82) is 0 Å². The Morgan fingerprint density at radius 1 is 1.26 bits per heavy atom. The van der Waals surface area contributed by atoms with Gasteiger partial charge in [-0.15, -0.1) is 11.3 Å². The quantitative estimate of drug-likeness (QED) is 0.829. The molecule has 0 unspecified atom stereocenters. The van der Waals surface area contributed by atoms with E-state index < -0.39 is 21.7 Å². The molecule has 0 bridgehead atoms. The molecule has 1 N–H and O–H groups in total. The number of sulfonamides is 1. The molecule has 0 aliphatic carbocycles. The standard InChI is InChI=1S/C15H17FN2O3S2/c1-2-9-17-14(19)11-18(13-7-5-12(16)6-8-13)23(20,21)15-4-3-10-22-15/h3-8,10H,2,9,11H2,1H3,(H,17,19). The second-order valence-electron chi connectivity index (χ2n) is 4.77. The van der Waals surface area contributed by atoms with Crippen LogP contribution in [0.15, 0.2) is 46.0 Å². The normalized spacial score (nSPS) is 11.2. The largest absolute Gasteiger partial charge is 0.355 e. The molecule has 0 saturated heterocycles. The van der Waals surface area contributed by atoms with E-state index in [-0.39, 0.29) is 16.4 Å². The molecule has 0 saturated carbocycles. The minimum atomic E-state index is -3.88. The Morgan fingerprint density at radius 3 is 2.52 bits per heavy atom.